The van der Waals surface area contributed by atoms with E-state index >= 15 is 0 Å². The Morgan fingerprint density at radius 2 is 1.63 bits per heavy atom. The van der Waals surface area contributed by atoms with Gasteiger partial charge in [-0.1, -0.05) is 60.7 Å². The second-order valence-corrected chi connectivity index (χ2v) is 7.36. The molecule has 4 heteroatoms. The zero-order valence-electron chi connectivity index (χ0n) is 15.9. The fourth-order valence-corrected chi connectivity index (χ4v) is 3.66. The molecule has 2 N–H and O–H groups in total. The zero-order valence-corrected chi connectivity index (χ0v) is 15.9. The van der Waals surface area contributed by atoms with Crippen molar-refractivity contribution in [1.29, 1.82) is 0 Å². The van der Waals surface area contributed by atoms with Crippen LogP contribution >= 0.6 is 0 Å². The minimum absolute atomic E-state index is 0.102. The third kappa shape index (κ3) is 7.06. The van der Waals surface area contributed by atoms with Gasteiger partial charge in [0.1, 0.15) is 6.61 Å². The molecule has 1 heterocycles. The monoisotopic (exact) mass is 366 g/mol. The number of piperidine rings is 1. The van der Waals surface area contributed by atoms with Crippen LogP contribution in [-0.2, 0) is 17.8 Å². The van der Waals surface area contributed by atoms with E-state index in [0.29, 0.717) is 6.61 Å². The molecule has 144 valence electrons. The number of hydrogen-bond donors (Lipinski definition) is 2. The second-order valence-electron chi connectivity index (χ2n) is 7.36. The van der Waals surface area contributed by atoms with Crippen molar-refractivity contribution >= 4 is 6.09 Å². The average Bonchev–Trinajstić information content (AvgIpc) is 2.73. The lowest BCUT2D eigenvalue weighted by molar-refractivity contribution is 0.134. The second kappa shape index (κ2) is 10.7. The molecular formula is C23H30N2O2. The normalized spacial score (nSPS) is 15.9. The van der Waals surface area contributed by atoms with Gasteiger partial charge in [-0.2, -0.15) is 0 Å². The first kappa shape index (κ1) is 19.4. The van der Waals surface area contributed by atoms with Gasteiger partial charge in [0.2, 0.25) is 0 Å². The van der Waals surface area contributed by atoms with E-state index in [1.807, 2.05) is 48.5 Å². The molecular weight excluding hydrogens is 336 g/mol. The number of alkyl carbamates (subject to hydrolysis) is 1. The molecule has 0 bridgehead atoms. The van der Waals surface area contributed by atoms with E-state index in [0.717, 1.165) is 43.8 Å². The Morgan fingerprint density at radius 3 is 2.30 bits per heavy atom. The topological polar surface area (TPSA) is 50.4 Å². The molecule has 1 amide bonds. The fraction of sp³-hybridized carbons (Fsp3) is 0.435. The summed E-state index contributed by atoms with van der Waals surface area (Å²) in [6.07, 6.45) is 5.11. The molecule has 1 atom stereocenters. The first-order valence-electron chi connectivity index (χ1n) is 10.0. The SMILES string of the molecule is O=C(NC(CCC1CCNCC1)Cc1ccccc1)OCc1ccccc1. The summed E-state index contributed by atoms with van der Waals surface area (Å²) < 4.78 is 5.43. The van der Waals surface area contributed by atoms with Crippen molar-refractivity contribution in [2.75, 3.05) is 13.1 Å². The van der Waals surface area contributed by atoms with Crippen molar-refractivity contribution < 1.29 is 9.53 Å². The molecule has 0 spiro atoms. The summed E-state index contributed by atoms with van der Waals surface area (Å²) in [5.74, 6) is 0.756. The first-order chi connectivity index (χ1) is 13.3. The molecule has 1 unspecified atom stereocenters. The van der Waals surface area contributed by atoms with Crippen LogP contribution in [0, 0.1) is 5.92 Å². The van der Waals surface area contributed by atoms with Crippen molar-refractivity contribution in [2.45, 2.75) is 44.8 Å². The summed E-state index contributed by atoms with van der Waals surface area (Å²) in [6, 6.07) is 20.3. The number of ether oxygens (including phenoxy) is 1. The lowest BCUT2D eigenvalue weighted by atomic mass is 9.90. The average molecular weight is 367 g/mol. The van der Waals surface area contributed by atoms with E-state index in [2.05, 4.69) is 22.8 Å². The van der Waals surface area contributed by atoms with Crippen molar-refractivity contribution in [3.8, 4) is 0 Å². The predicted octanol–water partition coefficient (Wildman–Crippen LogP) is 4.30. The predicted molar refractivity (Wildman–Crippen MR) is 109 cm³/mol. The Bertz CT molecular complexity index is 669. The van der Waals surface area contributed by atoms with Crippen LogP contribution in [0.25, 0.3) is 0 Å². The van der Waals surface area contributed by atoms with Gasteiger partial charge in [0.25, 0.3) is 0 Å². The zero-order chi connectivity index (χ0) is 18.7. The number of hydrogen-bond acceptors (Lipinski definition) is 3. The van der Waals surface area contributed by atoms with Crippen LogP contribution in [0.15, 0.2) is 60.7 Å². The van der Waals surface area contributed by atoms with E-state index in [1.165, 1.54) is 18.4 Å². The molecule has 27 heavy (non-hydrogen) atoms. The van der Waals surface area contributed by atoms with Crippen LogP contribution in [0.2, 0.25) is 0 Å². The number of benzene rings is 2. The fourth-order valence-electron chi connectivity index (χ4n) is 3.66. The Labute approximate surface area is 162 Å². The van der Waals surface area contributed by atoms with Gasteiger partial charge in [0, 0.05) is 6.04 Å². The minimum Gasteiger partial charge on any atom is -0.445 e. The molecule has 2 aromatic carbocycles. The van der Waals surface area contributed by atoms with E-state index in [9.17, 15) is 4.79 Å². The van der Waals surface area contributed by atoms with Crippen LogP contribution in [0.5, 0.6) is 0 Å². The van der Waals surface area contributed by atoms with E-state index in [-0.39, 0.29) is 12.1 Å². The maximum Gasteiger partial charge on any atom is 0.407 e. The largest absolute Gasteiger partial charge is 0.445 e. The smallest absolute Gasteiger partial charge is 0.407 e. The first-order valence-corrected chi connectivity index (χ1v) is 10.0. The van der Waals surface area contributed by atoms with Crippen LogP contribution < -0.4 is 10.6 Å². The molecule has 2 aromatic rings. The molecule has 1 fully saturated rings. The van der Waals surface area contributed by atoms with Crippen molar-refractivity contribution in [2.24, 2.45) is 5.92 Å². The highest BCUT2D eigenvalue weighted by Gasteiger charge is 2.18. The highest BCUT2D eigenvalue weighted by molar-refractivity contribution is 5.67. The van der Waals surface area contributed by atoms with Gasteiger partial charge in [0.05, 0.1) is 0 Å². The molecule has 4 nitrogen and oxygen atoms in total. The molecule has 0 saturated carbocycles. The van der Waals surface area contributed by atoms with Gasteiger partial charge in [0.15, 0.2) is 0 Å². The number of amides is 1. The van der Waals surface area contributed by atoms with E-state index < -0.39 is 0 Å². The number of rotatable bonds is 8. The highest BCUT2D eigenvalue weighted by Crippen LogP contribution is 2.20. The molecule has 1 aliphatic rings. The Morgan fingerprint density at radius 1 is 1.00 bits per heavy atom. The third-order valence-corrected chi connectivity index (χ3v) is 5.24. The van der Waals surface area contributed by atoms with Crippen LogP contribution in [0.4, 0.5) is 4.79 Å². The molecule has 0 aliphatic carbocycles. The summed E-state index contributed by atoms with van der Waals surface area (Å²) in [6.45, 7) is 2.53. The highest BCUT2D eigenvalue weighted by atomic mass is 16.5. The summed E-state index contributed by atoms with van der Waals surface area (Å²) in [7, 11) is 0. The van der Waals surface area contributed by atoms with Crippen molar-refractivity contribution in [3.63, 3.8) is 0 Å². The van der Waals surface area contributed by atoms with Gasteiger partial charge in [-0.15, -0.1) is 0 Å². The molecule has 1 aliphatic heterocycles. The summed E-state index contributed by atoms with van der Waals surface area (Å²) in [4.78, 5) is 12.3. The van der Waals surface area contributed by atoms with Crippen LogP contribution in [0.3, 0.4) is 0 Å². The summed E-state index contributed by atoms with van der Waals surface area (Å²) in [5, 5.41) is 6.52. The Kier molecular flexibility index (Phi) is 7.72. The van der Waals surface area contributed by atoms with Crippen molar-refractivity contribution in [1.82, 2.24) is 10.6 Å². The van der Waals surface area contributed by atoms with Gasteiger partial charge in [-0.3, -0.25) is 0 Å². The maximum absolute atomic E-state index is 12.3. The molecule has 0 aromatic heterocycles. The summed E-state index contributed by atoms with van der Waals surface area (Å²) in [5.41, 5.74) is 2.25. The molecule has 0 radical (unpaired) electrons. The van der Waals surface area contributed by atoms with Crippen LogP contribution in [-0.4, -0.2) is 25.2 Å². The molecule has 1 saturated heterocycles. The lowest BCUT2D eigenvalue weighted by Crippen LogP contribution is -2.37. The van der Waals surface area contributed by atoms with Gasteiger partial charge in [-0.05, 0) is 62.2 Å². The standard InChI is InChI=1S/C23H30N2O2/c26-23(27-18-21-9-5-2-6-10-21)25-22(17-20-7-3-1-4-8-20)12-11-19-13-15-24-16-14-19/h1-10,19,22,24H,11-18H2,(H,25,26). The van der Waals surface area contributed by atoms with E-state index in [1.54, 1.807) is 0 Å². The van der Waals surface area contributed by atoms with Crippen molar-refractivity contribution in [3.05, 3.63) is 71.8 Å². The number of carbonyl (C=O) groups excluding carboxylic acids is 1. The minimum atomic E-state index is -0.329. The summed E-state index contributed by atoms with van der Waals surface area (Å²) >= 11 is 0. The number of carbonyl (C=O) groups is 1. The van der Waals surface area contributed by atoms with Gasteiger partial charge in [-0.25, -0.2) is 4.79 Å². The van der Waals surface area contributed by atoms with Gasteiger partial charge < -0.3 is 15.4 Å². The quantitative estimate of drug-likeness (QED) is 0.732. The van der Waals surface area contributed by atoms with Crippen LogP contribution in [0.1, 0.15) is 36.8 Å². The lowest BCUT2D eigenvalue weighted by Gasteiger charge is -2.25. The Balaban J connectivity index is 1.52. The Hall–Kier alpha value is -2.33. The van der Waals surface area contributed by atoms with E-state index in [4.69, 9.17) is 4.74 Å². The molecule has 3 rings (SSSR count). The maximum atomic E-state index is 12.3. The number of nitrogens with one attached hydrogen (secondary N) is 2. The van der Waals surface area contributed by atoms with Gasteiger partial charge >= 0.3 is 6.09 Å². The third-order valence-electron chi connectivity index (χ3n) is 5.24.